The van der Waals surface area contributed by atoms with E-state index in [-0.39, 0.29) is 6.04 Å². The SMILES string of the molecule is CC(CCc1ccco1)n1cncc1C(N)C1CCOC1. The summed E-state index contributed by atoms with van der Waals surface area (Å²) in [5, 5.41) is 0. The smallest absolute Gasteiger partial charge is 0.103 e. The van der Waals surface area contributed by atoms with Gasteiger partial charge in [0.2, 0.25) is 0 Å². The maximum atomic E-state index is 6.41. The van der Waals surface area contributed by atoms with E-state index in [0.717, 1.165) is 43.9 Å². The lowest BCUT2D eigenvalue weighted by Crippen LogP contribution is -2.25. The Balaban J connectivity index is 1.66. The number of aryl methyl sites for hydroxylation is 1. The Labute approximate surface area is 125 Å². The molecule has 1 saturated heterocycles. The summed E-state index contributed by atoms with van der Waals surface area (Å²) >= 11 is 0. The van der Waals surface area contributed by atoms with Gasteiger partial charge in [0.05, 0.1) is 30.9 Å². The Morgan fingerprint density at radius 3 is 3.14 bits per heavy atom. The van der Waals surface area contributed by atoms with Crippen LogP contribution in [0.4, 0.5) is 0 Å². The Kier molecular flexibility index (Phi) is 4.41. The van der Waals surface area contributed by atoms with Crippen molar-refractivity contribution in [3.05, 3.63) is 42.4 Å². The number of ether oxygens (including phenoxy) is 1. The Morgan fingerprint density at radius 1 is 1.52 bits per heavy atom. The topological polar surface area (TPSA) is 66.2 Å². The molecule has 3 rings (SSSR count). The van der Waals surface area contributed by atoms with E-state index >= 15 is 0 Å². The third kappa shape index (κ3) is 3.19. The molecule has 0 radical (unpaired) electrons. The van der Waals surface area contributed by atoms with Gasteiger partial charge in [-0.2, -0.15) is 0 Å². The van der Waals surface area contributed by atoms with E-state index < -0.39 is 0 Å². The van der Waals surface area contributed by atoms with Crippen molar-refractivity contribution in [2.45, 2.75) is 38.3 Å². The molecule has 2 N–H and O–H groups in total. The third-order valence-corrected chi connectivity index (χ3v) is 4.37. The fourth-order valence-corrected chi connectivity index (χ4v) is 2.96. The molecule has 114 valence electrons. The molecule has 1 aliphatic rings. The van der Waals surface area contributed by atoms with Crippen molar-refractivity contribution >= 4 is 0 Å². The van der Waals surface area contributed by atoms with Gasteiger partial charge < -0.3 is 19.5 Å². The first-order valence-corrected chi connectivity index (χ1v) is 7.63. The zero-order valence-electron chi connectivity index (χ0n) is 12.4. The van der Waals surface area contributed by atoms with E-state index in [1.807, 2.05) is 24.7 Å². The van der Waals surface area contributed by atoms with Crippen LogP contribution in [0, 0.1) is 5.92 Å². The highest BCUT2D eigenvalue weighted by Gasteiger charge is 2.27. The zero-order valence-corrected chi connectivity index (χ0v) is 12.4. The number of nitrogens with zero attached hydrogens (tertiary/aromatic N) is 2. The quantitative estimate of drug-likeness (QED) is 0.888. The maximum absolute atomic E-state index is 6.41. The van der Waals surface area contributed by atoms with Crippen LogP contribution in [-0.4, -0.2) is 22.8 Å². The van der Waals surface area contributed by atoms with Gasteiger partial charge in [-0.05, 0) is 31.9 Å². The zero-order chi connectivity index (χ0) is 14.7. The van der Waals surface area contributed by atoms with Crippen LogP contribution < -0.4 is 5.73 Å². The van der Waals surface area contributed by atoms with Crippen LogP contribution in [0.5, 0.6) is 0 Å². The van der Waals surface area contributed by atoms with Crippen molar-refractivity contribution in [2.24, 2.45) is 11.7 Å². The first kappa shape index (κ1) is 14.4. The summed E-state index contributed by atoms with van der Waals surface area (Å²) < 4.78 is 13.0. The predicted molar refractivity (Wildman–Crippen MR) is 79.8 cm³/mol. The van der Waals surface area contributed by atoms with Crippen molar-refractivity contribution < 1.29 is 9.15 Å². The highest BCUT2D eigenvalue weighted by molar-refractivity contribution is 5.08. The summed E-state index contributed by atoms with van der Waals surface area (Å²) in [6.07, 6.45) is 8.47. The van der Waals surface area contributed by atoms with Gasteiger partial charge >= 0.3 is 0 Å². The molecule has 0 aliphatic carbocycles. The summed E-state index contributed by atoms with van der Waals surface area (Å²) in [4.78, 5) is 4.30. The second-order valence-corrected chi connectivity index (χ2v) is 5.84. The van der Waals surface area contributed by atoms with Crippen molar-refractivity contribution in [1.29, 1.82) is 0 Å². The van der Waals surface area contributed by atoms with E-state index in [1.165, 1.54) is 0 Å². The second kappa shape index (κ2) is 6.45. The number of rotatable bonds is 6. The van der Waals surface area contributed by atoms with Gasteiger partial charge in [-0.15, -0.1) is 0 Å². The van der Waals surface area contributed by atoms with Crippen LogP contribution in [0.2, 0.25) is 0 Å². The van der Waals surface area contributed by atoms with Crippen molar-refractivity contribution in [1.82, 2.24) is 9.55 Å². The van der Waals surface area contributed by atoms with Gasteiger partial charge in [-0.1, -0.05) is 0 Å². The Hall–Kier alpha value is -1.59. The Morgan fingerprint density at radius 2 is 2.43 bits per heavy atom. The molecule has 21 heavy (non-hydrogen) atoms. The molecule has 0 saturated carbocycles. The highest BCUT2D eigenvalue weighted by atomic mass is 16.5. The molecule has 0 amide bonds. The summed E-state index contributed by atoms with van der Waals surface area (Å²) in [7, 11) is 0. The third-order valence-electron chi connectivity index (χ3n) is 4.37. The van der Waals surface area contributed by atoms with Gasteiger partial charge in [-0.3, -0.25) is 0 Å². The number of hydrogen-bond acceptors (Lipinski definition) is 4. The number of imidazole rings is 1. The Bertz CT molecular complexity index is 544. The van der Waals surface area contributed by atoms with Gasteiger partial charge in [0, 0.05) is 31.2 Å². The first-order valence-electron chi connectivity index (χ1n) is 7.63. The molecule has 2 aromatic rings. The minimum absolute atomic E-state index is 0.000984. The molecule has 0 spiro atoms. The molecular weight excluding hydrogens is 266 g/mol. The monoisotopic (exact) mass is 289 g/mol. The van der Waals surface area contributed by atoms with Crippen LogP contribution in [0.15, 0.2) is 35.3 Å². The van der Waals surface area contributed by atoms with Crippen molar-refractivity contribution in [3.8, 4) is 0 Å². The van der Waals surface area contributed by atoms with E-state index in [9.17, 15) is 0 Å². The molecular formula is C16H23N3O2. The summed E-state index contributed by atoms with van der Waals surface area (Å²) in [5.41, 5.74) is 7.52. The van der Waals surface area contributed by atoms with Crippen LogP contribution in [0.3, 0.4) is 0 Å². The summed E-state index contributed by atoms with van der Waals surface area (Å²) in [6, 6.07) is 4.30. The standard InChI is InChI=1S/C16H23N3O2/c1-12(4-5-14-3-2-7-21-14)19-11-18-9-15(19)16(17)13-6-8-20-10-13/h2-3,7,9,11-13,16H,4-6,8,10,17H2,1H3. The van der Waals surface area contributed by atoms with E-state index in [0.29, 0.717) is 12.0 Å². The number of hydrogen-bond donors (Lipinski definition) is 1. The highest BCUT2D eigenvalue weighted by Crippen LogP contribution is 2.28. The number of nitrogens with two attached hydrogens (primary N) is 1. The molecule has 0 bridgehead atoms. The molecule has 1 aliphatic heterocycles. The molecule has 3 unspecified atom stereocenters. The second-order valence-electron chi connectivity index (χ2n) is 5.84. The van der Waals surface area contributed by atoms with E-state index in [4.69, 9.17) is 14.9 Å². The molecule has 5 nitrogen and oxygen atoms in total. The number of aromatic nitrogens is 2. The van der Waals surface area contributed by atoms with Crippen molar-refractivity contribution in [2.75, 3.05) is 13.2 Å². The molecule has 0 aromatic carbocycles. The lowest BCUT2D eigenvalue weighted by Gasteiger charge is -2.23. The van der Waals surface area contributed by atoms with Crippen molar-refractivity contribution in [3.63, 3.8) is 0 Å². The average Bonchev–Trinajstić information content (AvgIpc) is 3.26. The molecule has 3 atom stereocenters. The van der Waals surface area contributed by atoms with Crippen LogP contribution in [0.25, 0.3) is 0 Å². The normalized spacial score (nSPS) is 21.5. The van der Waals surface area contributed by atoms with Crippen LogP contribution >= 0.6 is 0 Å². The summed E-state index contributed by atoms with van der Waals surface area (Å²) in [5.74, 6) is 1.43. The minimum Gasteiger partial charge on any atom is -0.469 e. The van der Waals surface area contributed by atoms with Crippen LogP contribution in [0.1, 0.15) is 43.3 Å². The average molecular weight is 289 g/mol. The van der Waals surface area contributed by atoms with E-state index in [1.54, 1.807) is 6.26 Å². The summed E-state index contributed by atoms with van der Waals surface area (Å²) in [6.45, 7) is 3.78. The van der Waals surface area contributed by atoms with E-state index in [2.05, 4.69) is 16.5 Å². The lowest BCUT2D eigenvalue weighted by molar-refractivity contribution is 0.180. The number of furan rings is 1. The molecule has 1 fully saturated rings. The molecule has 5 heteroatoms. The maximum Gasteiger partial charge on any atom is 0.103 e. The van der Waals surface area contributed by atoms with Gasteiger partial charge in [0.25, 0.3) is 0 Å². The molecule has 3 heterocycles. The fraction of sp³-hybridized carbons (Fsp3) is 0.562. The first-order chi connectivity index (χ1) is 10.3. The molecule has 2 aromatic heterocycles. The van der Waals surface area contributed by atoms with Gasteiger partial charge in [0.1, 0.15) is 5.76 Å². The minimum atomic E-state index is 0.000984. The van der Waals surface area contributed by atoms with Gasteiger partial charge in [0.15, 0.2) is 0 Å². The van der Waals surface area contributed by atoms with Crippen LogP contribution in [-0.2, 0) is 11.2 Å². The fourth-order valence-electron chi connectivity index (χ4n) is 2.96. The lowest BCUT2D eigenvalue weighted by atomic mass is 9.97. The largest absolute Gasteiger partial charge is 0.469 e. The predicted octanol–water partition coefficient (Wildman–Crippen LogP) is 2.71. The van der Waals surface area contributed by atoms with Gasteiger partial charge in [-0.25, -0.2) is 4.98 Å².